The molecule has 0 saturated carbocycles. The second-order valence-corrected chi connectivity index (χ2v) is 6.56. The molecule has 0 saturated heterocycles. The second kappa shape index (κ2) is 6.92. The molecule has 0 aliphatic carbocycles. The molecule has 118 valence electrons. The SMILES string of the molecule is CC1=C(C(=O)Nc2ccccc2-c2cccc(C)c2)SCCO1. The lowest BCUT2D eigenvalue weighted by Crippen LogP contribution is -2.18. The monoisotopic (exact) mass is 325 g/mol. The van der Waals surface area contributed by atoms with Gasteiger partial charge in [-0.2, -0.15) is 0 Å². The van der Waals surface area contributed by atoms with Crippen molar-refractivity contribution in [2.75, 3.05) is 17.7 Å². The van der Waals surface area contributed by atoms with Crippen molar-refractivity contribution in [3.05, 3.63) is 64.8 Å². The summed E-state index contributed by atoms with van der Waals surface area (Å²) in [5.74, 6) is 1.40. The Morgan fingerprint density at radius 3 is 2.74 bits per heavy atom. The Bertz CT molecular complexity index is 767. The molecule has 0 radical (unpaired) electrons. The van der Waals surface area contributed by atoms with E-state index in [1.54, 1.807) is 11.8 Å². The molecule has 1 aliphatic rings. The van der Waals surface area contributed by atoms with Crippen LogP contribution >= 0.6 is 11.8 Å². The van der Waals surface area contributed by atoms with Gasteiger partial charge in [-0.1, -0.05) is 48.0 Å². The number of hydrogen-bond acceptors (Lipinski definition) is 3. The van der Waals surface area contributed by atoms with E-state index in [0.717, 1.165) is 22.6 Å². The molecule has 2 aromatic carbocycles. The van der Waals surface area contributed by atoms with E-state index in [4.69, 9.17) is 4.74 Å². The van der Waals surface area contributed by atoms with Crippen LogP contribution in [0.25, 0.3) is 11.1 Å². The number of nitrogens with one attached hydrogen (secondary N) is 1. The number of ether oxygens (including phenoxy) is 1. The number of allylic oxidation sites excluding steroid dienone is 1. The van der Waals surface area contributed by atoms with Crippen LogP contribution in [0.1, 0.15) is 12.5 Å². The molecule has 3 rings (SSSR count). The fraction of sp³-hybridized carbons (Fsp3) is 0.211. The molecular formula is C19H19NO2S. The van der Waals surface area contributed by atoms with Crippen LogP contribution in [-0.4, -0.2) is 18.3 Å². The first-order valence-corrected chi connectivity index (χ1v) is 8.57. The maximum Gasteiger partial charge on any atom is 0.265 e. The van der Waals surface area contributed by atoms with Gasteiger partial charge < -0.3 is 10.1 Å². The number of amides is 1. The van der Waals surface area contributed by atoms with Gasteiger partial charge in [-0.05, 0) is 25.5 Å². The van der Waals surface area contributed by atoms with E-state index in [0.29, 0.717) is 17.3 Å². The zero-order chi connectivity index (χ0) is 16.2. The van der Waals surface area contributed by atoms with Crippen molar-refractivity contribution < 1.29 is 9.53 Å². The molecule has 0 atom stereocenters. The Morgan fingerprint density at radius 1 is 1.13 bits per heavy atom. The predicted octanol–water partition coefficient (Wildman–Crippen LogP) is 4.60. The summed E-state index contributed by atoms with van der Waals surface area (Å²) in [7, 11) is 0. The molecule has 1 N–H and O–H groups in total. The van der Waals surface area contributed by atoms with E-state index in [9.17, 15) is 4.79 Å². The summed E-state index contributed by atoms with van der Waals surface area (Å²) in [6.07, 6.45) is 0. The maximum absolute atomic E-state index is 12.6. The van der Waals surface area contributed by atoms with Gasteiger partial charge in [0.15, 0.2) is 0 Å². The second-order valence-electron chi connectivity index (χ2n) is 5.45. The molecule has 1 aliphatic heterocycles. The fourth-order valence-corrected chi connectivity index (χ4v) is 3.38. The van der Waals surface area contributed by atoms with Gasteiger partial charge in [0.1, 0.15) is 10.7 Å². The molecule has 0 fully saturated rings. The van der Waals surface area contributed by atoms with Crippen LogP contribution in [0.3, 0.4) is 0 Å². The van der Waals surface area contributed by atoms with Crippen LogP contribution in [0.15, 0.2) is 59.2 Å². The summed E-state index contributed by atoms with van der Waals surface area (Å²) in [4.78, 5) is 13.2. The van der Waals surface area contributed by atoms with Crippen LogP contribution in [0.4, 0.5) is 5.69 Å². The highest BCUT2D eigenvalue weighted by Gasteiger charge is 2.19. The van der Waals surface area contributed by atoms with Gasteiger partial charge in [0.25, 0.3) is 5.91 Å². The number of aryl methyl sites for hydroxylation is 1. The average molecular weight is 325 g/mol. The van der Waals surface area contributed by atoms with Gasteiger partial charge in [-0.3, -0.25) is 4.79 Å². The number of para-hydroxylation sites is 1. The quantitative estimate of drug-likeness (QED) is 0.896. The summed E-state index contributed by atoms with van der Waals surface area (Å²) in [5, 5.41) is 3.03. The van der Waals surface area contributed by atoms with Gasteiger partial charge >= 0.3 is 0 Å². The van der Waals surface area contributed by atoms with Crippen molar-refractivity contribution in [1.29, 1.82) is 0 Å². The number of carbonyl (C=O) groups excluding carboxylic acids is 1. The van der Waals surface area contributed by atoms with Crippen molar-refractivity contribution in [3.63, 3.8) is 0 Å². The Morgan fingerprint density at radius 2 is 1.96 bits per heavy atom. The van der Waals surface area contributed by atoms with Crippen molar-refractivity contribution >= 4 is 23.4 Å². The van der Waals surface area contributed by atoms with Gasteiger partial charge in [-0.25, -0.2) is 0 Å². The fourth-order valence-electron chi connectivity index (χ4n) is 2.57. The highest BCUT2D eigenvalue weighted by molar-refractivity contribution is 8.04. The van der Waals surface area contributed by atoms with Gasteiger partial charge in [0.05, 0.1) is 6.61 Å². The van der Waals surface area contributed by atoms with Crippen LogP contribution < -0.4 is 5.32 Å². The van der Waals surface area contributed by atoms with E-state index in [2.05, 4.69) is 30.4 Å². The molecule has 1 heterocycles. The lowest BCUT2D eigenvalue weighted by molar-refractivity contribution is -0.112. The Labute approximate surface area is 140 Å². The Balaban J connectivity index is 1.91. The normalized spacial score (nSPS) is 14.3. The third kappa shape index (κ3) is 3.59. The third-order valence-electron chi connectivity index (χ3n) is 3.68. The minimum Gasteiger partial charge on any atom is -0.496 e. The lowest BCUT2D eigenvalue weighted by Gasteiger charge is -2.18. The molecule has 0 unspecified atom stereocenters. The average Bonchev–Trinajstić information content (AvgIpc) is 2.55. The van der Waals surface area contributed by atoms with Crippen LogP contribution in [0.5, 0.6) is 0 Å². The molecule has 4 heteroatoms. The Kier molecular flexibility index (Phi) is 4.72. The number of benzene rings is 2. The van der Waals surface area contributed by atoms with Crippen LogP contribution in [0, 0.1) is 6.92 Å². The minimum absolute atomic E-state index is 0.104. The summed E-state index contributed by atoms with van der Waals surface area (Å²) in [6.45, 7) is 4.57. The van der Waals surface area contributed by atoms with E-state index in [1.807, 2.05) is 37.3 Å². The number of hydrogen-bond donors (Lipinski definition) is 1. The number of rotatable bonds is 3. The van der Waals surface area contributed by atoms with Gasteiger partial charge in [-0.15, -0.1) is 11.8 Å². The van der Waals surface area contributed by atoms with Crippen molar-refractivity contribution in [2.24, 2.45) is 0 Å². The van der Waals surface area contributed by atoms with E-state index in [-0.39, 0.29) is 5.91 Å². The van der Waals surface area contributed by atoms with Crippen LogP contribution in [-0.2, 0) is 9.53 Å². The highest BCUT2D eigenvalue weighted by Crippen LogP contribution is 2.31. The van der Waals surface area contributed by atoms with Gasteiger partial charge in [0, 0.05) is 17.0 Å². The molecular weight excluding hydrogens is 306 g/mol. The van der Waals surface area contributed by atoms with Crippen LogP contribution in [0.2, 0.25) is 0 Å². The first kappa shape index (κ1) is 15.7. The van der Waals surface area contributed by atoms with Crippen molar-refractivity contribution in [3.8, 4) is 11.1 Å². The summed E-state index contributed by atoms with van der Waals surface area (Å²) in [6, 6.07) is 16.1. The van der Waals surface area contributed by atoms with E-state index >= 15 is 0 Å². The first-order chi connectivity index (χ1) is 11.1. The standard InChI is InChI=1S/C19H19NO2S/c1-13-6-5-7-15(12-13)16-8-3-4-9-17(16)20-19(21)18-14(2)22-10-11-23-18/h3-9,12H,10-11H2,1-2H3,(H,20,21). The summed E-state index contributed by atoms with van der Waals surface area (Å²) < 4.78 is 5.48. The van der Waals surface area contributed by atoms with E-state index in [1.165, 1.54) is 5.56 Å². The van der Waals surface area contributed by atoms with Gasteiger partial charge in [0.2, 0.25) is 0 Å². The molecule has 2 aromatic rings. The molecule has 23 heavy (non-hydrogen) atoms. The molecule has 0 aromatic heterocycles. The zero-order valence-electron chi connectivity index (χ0n) is 13.3. The maximum atomic E-state index is 12.6. The number of anilines is 1. The van der Waals surface area contributed by atoms with Crippen molar-refractivity contribution in [2.45, 2.75) is 13.8 Å². The number of carbonyl (C=O) groups is 1. The summed E-state index contributed by atoms with van der Waals surface area (Å²) in [5.41, 5.74) is 4.12. The zero-order valence-corrected chi connectivity index (χ0v) is 14.1. The van der Waals surface area contributed by atoms with Crippen molar-refractivity contribution in [1.82, 2.24) is 0 Å². The third-order valence-corrected chi connectivity index (χ3v) is 4.81. The van der Waals surface area contributed by atoms with E-state index < -0.39 is 0 Å². The number of thioether (sulfide) groups is 1. The predicted molar refractivity (Wildman–Crippen MR) is 96.4 cm³/mol. The smallest absolute Gasteiger partial charge is 0.265 e. The summed E-state index contributed by atoms with van der Waals surface area (Å²) >= 11 is 1.55. The minimum atomic E-state index is -0.104. The molecule has 0 spiro atoms. The largest absolute Gasteiger partial charge is 0.496 e. The Hall–Kier alpha value is -2.20. The topological polar surface area (TPSA) is 38.3 Å². The highest BCUT2D eigenvalue weighted by atomic mass is 32.2. The molecule has 3 nitrogen and oxygen atoms in total. The lowest BCUT2D eigenvalue weighted by atomic mass is 10.0. The first-order valence-electron chi connectivity index (χ1n) is 7.59. The molecule has 1 amide bonds. The molecule has 0 bridgehead atoms.